The Labute approximate surface area is 134 Å². The highest BCUT2D eigenvalue weighted by atomic mass is 79.9. The Bertz CT molecular complexity index is 444. The Morgan fingerprint density at radius 3 is 2.60 bits per heavy atom. The van der Waals surface area contributed by atoms with Crippen LogP contribution in [0.1, 0.15) is 61.2 Å². The molecule has 0 bridgehead atoms. The van der Waals surface area contributed by atoms with Gasteiger partial charge in [0.05, 0.1) is 8.66 Å². The van der Waals surface area contributed by atoms with Crippen molar-refractivity contribution < 1.29 is 4.79 Å². The molecular formula is C16H24BrNOS. The first-order chi connectivity index (χ1) is 9.49. The van der Waals surface area contributed by atoms with E-state index >= 15 is 0 Å². The first kappa shape index (κ1) is 16.0. The Morgan fingerprint density at radius 2 is 2.10 bits per heavy atom. The topological polar surface area (TPSA) is 20.3 Å². The molecule has 20 heavy (non-hydrogen) atoms. The smallest absolute Gasteiger partial charge is 0.264 e. The molecule has 1 aromatic heterocycles. The van der Waals surface area contributed by atoms with E-state index in [2.05, 4.69) is 34.7 Å². The lowest BCUT2D eigenvalue weighted by atomic mass is 10.1. The average Bonchev–Trinajstić information content (AvgIpc) is 3.00. The van der Waals surface area contributed by atoms with Gasteiger partial charge < -0.3 is 4.90 Å². The number of carbonyl (C=O) groups is 1. The normalized spacial score (nSPS) is 16.1. The second-order valence-corrected chi connectivity index (χ2v) is 8.56. The Hall–Kier alpha value is -0.350. The molecule has 1 aliphatic carbocycles. The molecule has 0 spiro atoms. The molecule has 0 aromatic carbocycles. The van der Waals surface area contributed by atoms with Crippen LogP contribution in [0.2, 0.25) is 0 Å². The van der Waals surface area contributed by atoms with Crippen molar-refractivity contribution in [3.05, 3.63) is 20.3 Å². The molecule has 0 N–H and O–H groups in total. The monoisotopic (exact) mass is 357 g/mol. The summed E-state index contributed by atoms with van der Waals surface area (Å²) in [6.07, 6.45) is 5.98. The molecule has 2 rings (SSSR count). The molecule has 0 aliphatic heterocycles. The zero-order valence-corrected chi connectivity index (χ0v) is 15.0. The number of carbonyl (C=O) groups excluding carboxylic acids is 1. The standard InChI is InChI=1S/C16H24BrNOS/c1-11(2)8-9-18(13-6-4-5-7-13)16(19)14-10-12(3)15(17)20-14/h10-11,13H,4-9H2,1-3H3. The van der Waals surface area contributed by atoms with Gasteiger partial charge in [-0.1, -0.05) is 26.7 Å². The minimum absolute atomic E-state index is 0.233. The number of amides is 1. The summed E-state index contributed by atoms with van der Waals surface area (Å²) >= 11 is 5.10. The number of rotatable bonds is 5. The Morgan fingerprint density at radius 1 is 1.45 bits per heavy atom. The highest BCUT2D eigenvalue weighted by Crippen LogP contribution is 2.31. The quantitative estimate of drug-likeness (QED) is 0.704. The van der Waals surface area contributed by atoms with E-state index in [1.54, 1.807) is 11.3 Å². The molecule has 1 amide bonds. The molecule has 0 atom stereocenters. The van der Waals surface area contributed by atoms with Crippen molar-refractivity contribution >= 4 is 33.2 Å². The molecular weight excluding hydrogens is 334 g/mol. The average molecular weight is 358 g/mol. The predicted molar refractivity (Wildman–Crippen MR) is 89.5 cm³/mol. The summed E-state index contributed by atoms with van der Waals surface area (Å²) in [5.74, 6) is 0.875. The van der Waals surface area contributed by atoms with Gasteiger partial charge in [-0.25, -0.2) is 0 Å². The van der Waals surface area contributed by atoms with Gasteiger partial charge in [0.2, 0.25) is 0 Å². The van der Waals surface area contributed by atoms with E-state index in [4.69, 9.17) is 0 Å². The van der Waals surface area contributed by atoms with E-state index < -0.39 is 0 Å². The van der Waals surface area contributed by atoms with Gasteiger partial charge in [0.1, 0.15) is 0 Å². The number of thiophene rings is 1. The first-order valence-electron chi connectivity index (χ1n) is 7.56. The summed E-state index contributed by atoms with van der Waals surface area (Å²) in [5.41, 5.74) is 1.16. The van der Waals surface area contributed by atoms with Gasteiger partial charge in [0, 0.05) is 12.6 Å². The van der Waals surface area contributed by atoms with Crippen molar-refractivity contribution in [2.75, 3.05) is 6.54 Å². The van der Waals surface area contributed by atoms with E-state index in [1.165, 1.54) is 25.7 Å². The molecule has 2 nitrogen and oxygen atoms in total. The van der Waals surface area contributed by atoms with Crippen LogP contribution in [0.25, 0.3) is 0 Å². The van der Waals surface area contributed by atoms with Crippen LogP contribution in [-0.4, -0.2) is 23.4 Å². The second-order valence-electron chi connectivity index (χ2n) is 6.19. The molecule has 112 valence electrons. The maximum Gasteiger partial charge on any atom is 0.264 e. The van der Waals surface area contributed by atoms with E-state index in [-0.39, 0.29) is 5.91 Å². The van der Waals surface area contributed by atoms with Crippen molar-refractivity contribution in [3.63, 3.8) is 0 Å². The molecule has 1 aliphatic rings. The fourth-order valence-electron chi connectivity index (χ4n) is 2.77. The molecule has 4 heteroatoms. The number of nitrogens with zero attached hydrogens (tertiary/aromatic N) is 1. The first-order valence-corrected chi connectivity index (χ1v) is 9.17. The highest BCUT2D eigenvalue weighted by Gasteiger charge is 2.28. The van der Waals surface area contributed by atoms with Crippen LogP contribution in [0.3, 0.4) is 0 Å². The zero-order chi connectivity index (χ0) is 14.7. The van der Waals surface area contributed by atoms with Crippen molar-refractivity contribution in [2.24, 2.45) is 5.92 Å². The Balaban J connectivity index is 2.13. The van der Waals surface area contributed by atoms with E-state index in [0.717, 1.165) is 27.2 Å². The minimum Gasteiger partial charge on any atom is -0.335 e. The van der Waals surface area contributed by atoms with E-state index in [1.807, 2.05) is 13.0 Å². The second kappa shape index (κ2) is 7.08. The lowest BCUT2D eigenvalue weighted by Crippen LogP contribution is -2.39. The van der Waals surface area contributed by atoms with Crippen LogP contribution in [0.4, 0.5) is 0 Å². The van der Waals surface area contributed by atoms with Gasteiger partial charge in [-0.05, 0) is 59.7 Å². The van der Waals surface area contributed by atoms with Crippen molar-refractivity contribution in [1.82, 2.24) is 4.90 Å². The van der Waals surface area contributed by atoms with Crippen LogP contribution in [0.5, 0.6) is 0 Å². The van der Waals surface area contributed by atoms with E-state index in [9.17, 15) is 4.79 Å². The molecule has 0 saturated heterocycles. The fourth-order valence-corrected chi connectivity index (χ4v) is 4.26. The molecule has 0 radical (unpaired) electrons. The summed E-state index contributed by atoms with van der Waals surface area (Å²) in [7, 11) is 0. The fraction of sp³-hybridized carbons (Fsp3) is 0.688. The third-order valence-corrected chi connectivity index (χ3v) is 6.17. The maximum atomic E-state index is 12.8. The maximum absolute atomic E-state index is 12.8. The third kappa shape index (κ3) is 3.85. The summed E-state index contributed by atoms with van der Waals surface area (Å²) in [6, 6.07) is 2.48. The Kier molecular flexibility index (Phi) is 5.67. The minimum atomic E-state index is 0.233. The molecule has 1 saturated carbocycles. The number of hydrogen-bond donors (Lipinski definition) is 0. The largest absolute Gasteiger partial charge is 0.335 e. The van der Waals surface area contributed by atoms with Gasteiger partial charge in [0.15, 0.2) is 0 Å². The molecule has 1 heterocycles. The van der Waals surface area contributed by atoms with Crippen molar-refractivity contribution in [3.8, 4) is 0 Å². The van der Waals surface area contributed by atoms with Gasteiger partial charge in [-0.2, -0.15) is 0 Å². The summed E-state index contributed by atoms with van der Waals surface area (Å²) < 4.78 is 1.08. The van der Waals surface area contributed by atoms with Crippen LogP contribution >= 0.6 is 27.3 Å². The molecule has 1 aromatic rings. The number of aryl methyl sites for hydroxylation is 1. The molecule has 1 fully saturated rings. The van der Waals surface area contributed by atoms with Crippen molar-refractivity contribution in [2.45, 2.75) is 58.9 Å². The van der Waals surface area contributed by atoms with Gasteiger partial charge in [0.25, 0.3) is 5.91 Å². The lowest BCUT2D eigenvalue weighted by Gasteiger charge is -2.29. The predicted octanol–water partition coefficient (Wildman–Crippen LogP) is 5.25. The summed E-state index contributed by atoms with van der Waals surface area (Å²) in [4.78, 5) is 15.8. The highest BCUT2D eigenvalue weighted by molar-refractivity contribution is 9.11. The number of hydrogen-bond acceptors (Lipinski definition) is 2. The third-order valence-electron chi connectivity index (χ3n) is 4.04. The van der Waals surface area contributed by atoms with Gasteiger partial charge in [-0.15, -0.1) is 11.3 Å². The summed E-state index contributed by atoms with van der Waals surface area (Å²) in [5, 5.41) is 0. The van der Waals surface area contributed by atoms with Crippen molar-refractivity contribution in [1.29, 1.82) is 0 Å². The molecule has 0 unspecified atom stereocenters. The van der Waals surface area contributed by atoms with Crippen LogP contribution in [-0.2, 0) is 0 Å². The van der Waals surface area contributed by atoms with E-state index in [0.29, 0.717) is 12.0 Å². The zero-order valence-electron chi connectivity index (χ0n) is 12.6. The van der Waals surface area contributed by atoms with Gasteiger partial charge >= 0.3 is 0 Å². The number of halogens is 1. The van der Waals surface area contributed by atoms with Crippen LogP contribution in [0.15, 0.2) is 9.85 Å². The van der Waals surface area contributed by atoms with Crippen LogP contribution in [0, 0.1) is 12.8 Å². The SMILES string of the molecule is Cc1cc(C(=O)N(CCC(C)C)C2CCCC2)sc1Br. The lowest BCUT2D eigenvalue weighted by molar-refractivity contribution is 0.0677. The summed E-state index contributed by atoms with van der Waals surface area (Å²) in [6.45, 7) is 7.40. The van der Waals surface area contributed by atoms with Crippen LogP contribution < -0.4 is 0 Å². The van der Waals surface area contributed by atoms with Gasteiger partial charge in [-0.3, -0.25) is 4.79 Å².